The zero-order valence-corrected chi connectivity index (χ0v) is 13.9. The van der Waals surface area contributed by atoms with Crippen molar-refractivity contribution in [3.8, 4) is 11.3 Å². The first-order valence-corrected chi connectivity index (χ1v) is 7.59. The van der Waals surface area contributed by atoms with Crippen molar-refractivity contribution < 1.29 is 14.0 Å². The summed E-state index contributed by atoms with van der Waals surface area (Å²) in [4.78, 5) is 23.3. The van der Waals surface area contributed by atoms with Gasteiger partial charge in [0.25, 0.3) is 5.91 Å². The number of rotatable bonds is 2. The Labute approximate surface area is 147 Å². The third-order valence-corrected chi connectivity index (χ3v) is 3.94. The molecule has 3 amide bonds. The normalized spacial score (nSPS) is 16.0. The first-order valence-electron chi connectivity index (χ1n) is 6.83. The van der Waals surface area contributed by atoms with E-state index in [2.05, 4.69) is 5.10 Å². The van der Waals surface area contributed by atoms with Crippen LogP contribution in [0.5, 0.6) is 0 Å². The fourth-order valence-corrected chi connectivity index (χ4v) is 2.62. The minimum atomic E-state index is -0.936. The third-order valence-electron chi connectivity index (χ3n) is 3.38. The Morgan fingerprint density at radius 3 is 2.71 bits per heavy atom. The van der Waals surface area contributed by atoms with E-state index in [0.29, 0.717) is 37.8 Å². The van der Waals surface area contributed by atoms with Gasteiger partial charge in [-0.05, 0) is 43.3 Å². The topological polar surface area (TPSA) is 88.9 Å². The van der Waals surface area contributed by atoms with Crippen LogP contribution in [0.25, 0.3) is 17.4 Å². The lowest BCUT2D eigenvalue weighted by Crippen LogP contribution is -2.33. The maximum atomic E-state index is 12.1. The van der Waals surface area contributed by atoms with E-state index in [1.54, 1.807) is 37.3 Å². The minimum absolute atomic E-state index is 0.229. The van der Waals surface area contributed by atoms with E-state index in [1.807, 2.05) is 0 Å². The summed E-state index contributed by atoms with van der Waals surface area (Å²) in [5.41, 5.74) is 6.33. The molecule has 0 bridgehead atoms. The number of hydrogen-bond donors (Lipinski definition) is 1. The third kappa shape index (κ3) is 2.93. The van der Waals surface area contributed by atoms with Gasteiger partial charge in [0.05, 0.1) is 16.3 Å². The van der Waals surface area contributed by atoms with Crippen LogP contribution in [0.1, 0.15) is 12.7 Å². The van der Waals surface area contributed by atoms with Crippen LogP contribution >= 0.6 is 23.2 Å². The molecule has 2 N–H and O–H groups in total. The zero-order valence-electron chi connectivity index (χ0n) is 12.4. The number of benzene rings is 1. The summed E-state index contributed by atoms with van der Waals surface area (Å²) in [7, 11) is 0. The Morgan fingerprint density at radius 2 is 2.04 bits per heavy atom. The van der Waals surface area contributed by atoms with Crippen molar-refractivity contribution in [3.63, 3.8) is 0 Å². The van der Waals surface area contributed by atoms with Gasteiger partial charge in [0.1, 0.15) is 11.5 Å². The number of nitrogens with zero attached hydrogens (tertiary/aromatic N) is 2. The lowest BCUT2D eigenvalue weighted by atomic mass is 10.1. The van der Waals surface area contributed by atoms with Gasteiger partial charge in [-0.3, -0.25) is 4.79 Å². The molecular weight excluding hydrogens is 353 g/mol. The largest absolute Gasteiger partial charge is 0.457 e. The summed E-state index contributed by atoms with van der Waals surface area (Å²) < 4.78 is 5.70. The second kappa shape index (κ2) is 6.14. The predicted octanol–water partition coefficient (Wildman–Crippen LogP) is 3.93. The summed E-state index contributed by atoms with van der Waals surface area (Å²) in [6, 6.07) is 7.47. The highest BCUT2D eigenvalue weighted by Crippen LogP contribution is 2.32. The number of imide groups is 1. The molecule has 0 saturated carbocycles. The molecule has 0 saturated heterocycles. The van der Waals surface area contributed by atoms with E-state index in [0.717, 1.165) is 0 Å². The number of carbonyl (C=O) groups excluding carboxylic acids is 2. The molecule has 8 heteroatoms. The average molecular weight is 364 g/mol. The average Bonchev–Trinajstić information content (AvgIpc) is 3.10. The van der Waals surface area contributed by atoms with Crippen molar-refractivity contribution in [2.24, 2.45) is 10.8 Å². The van der Waals surface area contributed by atoms with E-state index in [4.69, 9.17) is 33.4 Å². The first kappa shape index (κ1) is 16.3. The van der Waals surface area contributed by atoms with Crippen molar-refractivity contribution in [2.75, 3.05) is 0 Å². The number of nitrogens with two attached hydrogens (primary N) is 1. The number of hydrogen-bond acceptors (Lipinski definition) is 4. The number of primary amides is 1. The molecule has 1 aliphatic rings. The highest BCUT2D eigenvalue weighted by Gasteiger charge is 2.31. The molecule has 0 aliphatic carbocycles. The highest BCUT2D eigenvalue weighted by atomic mass is 35.5. The molecule has 0 spiro atoms. The molecule has 0 unspecified atom stereocenters. The Morgan fingerprint density at radius 1 is 1.29 bits per heavy atom. The number of hydrazone groups is 1. The Kier molecular flexibility index (Phi) is 4.17. The van der Waals surface area contributed by atoms with Crippen LogP contribution < -0.4 is 5.73 Å². The Bertz CT molecular complexity index is 915. The molecule has 1 aliphatic heterocycles. The fraction of sp³-hybridized carbons (Fsp3) is 0.0625. The van der Waals surface area contributed by atoms with Gasteiger partial charge in [0, 0.05) is 10.6 Å². The van der Waals surface area contributed by atoms with Crippen molar-refractivity contribution in [2.45, 2.75) is 6.92 Å². The summed E-state index contributed by atoms with van der Waals surface area (Å²) in [5.74, 6) is 0.310. The number of halogens is 2. The molecular formula is C16H11Cl2N3O3. The van der Waals surface area contributed by atoms with Crippen LogP contribution in [-0.2, 0) is 4.79 Å². The van der Waals surface area contributed by atoms with Crippen LogP contribution in [0.4, 0.5) is 4.79 Å². The molecule has 1 aromatic carbocycles. The molecule has 0 fully saturated rings. The Hall–Kier alpha value is -2.57. The van der Waals surface area contributed by atoms with Gasteiger partial charge in [-0.1, -0.05) is 23.2 Å². The lowest BCUT2D eigenvalue weighted by Gasteiger charge is -2.04. The maximum absolute atomic E-state index is 12.1. The smallest absolute Gasteiger partial charge is 0.342 e. The molecule has 2 aromatic rings. The highest BCUT2D eigenvalue weighted by molar-refractivity contribution is 6.35. The van der Waals surface area contributed by atoms with Gasteiger partial charge in [-0.2, -0.15) is 5.10 Å². The fourth-order valence-electron chi connectivity index (χ4n) is 2.24. The van der Waals surface area contributed by atoms with Crippen molar-refractivity contribution >= 4 is 46.9 Å². The molecule has 122 valence electrons. The summed E-state index contributed by atoms with van der Waals surface area (Å²) in [6.45, 7) is 1.60. The second-order valence-electron chi connectivity index (χ2n) is 5.02. The van der Waals surface area contributed by atoms with Gasteiger partial charge in [0.2, 0.25) is 0 Å². The van der Waals surface area contributed by atoms with E-state index in [9.17, 15) is 9.59 Å². The number of furan rings is 1. The Balaban J connectivity index is 1.95. The van der Waals surface area contributed by atoms with Crippen LogP contribution in [0, 0.1) is 0 Å². The lowest BCUT2D eigenvalue weighted by molar-refractivity contribution is -0.122. The van der Waals surface area contributed by atoms with Gasteiger partial charge >= 0.3 is 6.03 Å². The van der Waals surface area contributed by atoms with Crippen LogP contribution in [0.2, 0.25) is 10.0 Å². The molecule has 2 heterocycles. The summed E-state index contributed by atoms with van der Waals surface area (Å²) >= 11 is 12.1. The number of amides is 3. The standard InChI is InChI=1S/C16H11Cl2N3O3/c1-8-11(15(22)21(20-8)16(19)23)7-10-3-5-14(24-10)12-6-9(17)2-4-13(12)18/h2-7H,1H3,(H2,19,23). The summed E-state index contributed by atoms with van der Waals surface area (Å²) in [5, 5.41) is 5.44. The number of urea groups is 1. The van der Waals surface area contributed by atoms with E-state index in [1.165, 1.54) is 6.08 Å². The number of carbonyl (C=O) groups is 2. The molecule has 24 heavy (non-hydrogen) atoms. The first-order chi connectivity index (χ1) is 11.4. The van der Waals surface area contributed by atoms with Crippen LogP contribution in [-0.4, -0.2) is 22.7 Å². The van der Waals surface area contributed by atoms with Gasteiger partial charge in [-0.15, -0.1) is 5.01 Å². The SMILES string of the molecule is CC1=NN(C(N)=O)C(=O)C1=Cc1ccc(-c2cc(Cl)ccc2Cl)o1. The van der Waals surface area contributed by atoms with E-state index in [-0.39, 0.29) is 5.57 Å². The van der Waals surface area contributed by atoms with Crippen LogP contribution in [0.3, 0.4) is 0 Å². The van der Waals surface area contributed by atoms with Crippen LogP contribution in [0.15, 0.2) is 45.4 Å². The van der Waals surface area contributed by atoms with E-state index < -0.39 is 11.9 Å². The zero-order chi connectivity index (χ0) is 17.4. The van der Waals surface area contributed by atoms with Gasteiger partial charge < -0.3 is 10.2 Å². The maximum Gasteiger partial charge on any atom is 0.342 e. The van der Waals surface area contributed by atoms with Crippen molar-refractivity contribution in [1.82, 2.24) is 5.01 Å². The molecule has 3 rings (SSSR count). The monoisotopic (exact) mass is 363 g/mol. The second-order valence-corrected chi connectivity index (χ2v) is 5.87. The predicted molar refractivity (Wildman–Crippen MR) is 91.7 cm³/mol. The molecule has 0 radical (unpaired) electrons. The molecule has 6 nitrogen and oxygen atoms in total. The molecule has 1 aromatic heterocycles. The van der Waals surface area contributed by atoms with Gasteiger partial charge in [0.15, 0.2) is 0 Å². The quantitative estimate of drug-likeness (QED) is 0.819. The molecule has 0 atom stereocenters. The summed E-state index contributed by atoms with van der Waals surface area (Å²) in [6.07, 6.45) is 1.49. The van der Waals surface area contributed by atoms with Crippen molar-refractivity contribution in [1.29, 1.82) is 0 Å². The van der Waals surface area contributed by atoms with Gasteiger partial charge in [-0.25, -0.2) is 4.79 Å². The van der Waals surface area contributed by atoms with Crippen molar-refractivity contribution in [3.05, 3.63) is 51.7 Å². The minimum Gasteiger partial charge on any atom is -0.457 e. The van der Waals surface area contributed by atoms with E-state index >= 15 is 0 Å².